The van der Waals surface area contributed by atoms with E-state index in [1.165, 1.54) is 45.1 Å². The van der Waals surface area contributed by atoms with E-state index in [1.54, 1.807) is 0 Å². The van der Waals surface area contributed by atoms with Crippen LogP contribution in [0.1, 0.15) is 51.9 Å². The molecule has 0 spiro atoms. The van der Waals surface area contributed by atoms with Crippen molar-refractivity contribution in [2.75, 3.05) is 19.6 Å². The van der Waals surface area contributed by atoms with Gasteiger partial charge in [0.15, 0.2) is 0 Å². The number of hydrogen-bond acceptors (Lipinski definition) is 3. The summed E-state index contributed by atoms with van der Waals surface area (Å²) in [5, 5.41) is 10.00. The average Bonchev–Trinajstić information content (AvgIpc) is 2.36. The summed E-state index contributed by atoms with van der Waals surface area (Å²) in [6.45, 7) is 4.47. The molecule has 2 rings (SSSR count). The molecular weight excluding hydrogens is 212 g/mol. The van der Waals surface area contributed by atoms with Crippen molar-refractivity contribution in [3.05, 3.63) is 0 Å². The second-order valence-corrected chi connectivity index (χ2v) is 6.24. The fourth-order valence-corrected chi connectivity index (χ4v) is 3.49. The van der Waals surface area contributed by atoms with Gasteiger partial charge in [-0.15, -0.1) is 0 Å². The van der Waals surface area contributed by atoms with E-state index in [9.17, 15) is 5.11 Å². The monoisotopic (exact) mass is 240 g/mol. The van der Waals surface area contributed by atoms with Gasteiger partial charge in [-0.1, -0.05) is 12.8 Å². The molecule has 2 fully saturated rings. The Kier molecular flexibility index (Phi) is 4.45. The minimum absolute atomic E-state index is 0.370. The molecule has 1 aliphatic heterocycles. The van der Waals surface area contributed by atoms with Crippen LogP contribution in [-0.4, -0.2) is 41.3 Å². The summed E-state index contributed by atoms with van der Waals surface area (Å²) in [4.78, 5) is 2.62. The highest BCUT2D eigenvalue weighted by Crippen LogP contribution is 2.35. The molecule has 3 heteroatoms. The van der Waals surface area contributed by atoms with Crippen molar-refractivity contribution in [2.45, 2.75) is 63.5 Å². The van der Waals surface area contributed by atoms with Gasteiger partial charge in [-0.05, 0) is 51.5 Å². The number of nitrogens with zero attached hydrogens (tertiary/aromatic N) is 1. The lowest BCUT2D eigenvalue weighted by Gasteiger charge is -2.45. The fraction of sp³-hybridized carbons (Fsp3) is 1.00. The van der Waals surface area contributed by atoms with Crippen molar-refractivity contribution >= 4 is 0 Å². The van der Waals surface area contributed by atoms with Crippen LogP contribution in [0.5, 0.6) is 0 Å². The first kappa shape index (κ1) is 13.3. The normalized spacial score (nSPS) is 34.1. The van der Waals surface area contributed by atoms with Crippen molar-refractivity contribution in [1.82, 2.24) is 4.90 Å². The SMILES string of the molecule is CC(O)(CN)CCN1CCCC2CCCCC21. The molecule has 0 aromatic carbocycles. The second kappa shape index (κ2) is 5.68. The number of rotatable bonds is 4. The number of fused-ring (bicyclic) bond motifs is 1. The summed E-state index contributed by atoms with van der Waals surface area (Å²) in [6, 6.07) is 0.797. The molecule has 2 aliphatic rings. The Morgan fingerprint density at radius 3 is 2.71 bits per heavy atom. The van der Waals surface area contributed by atoms with E-state index in [2.05, 4.69) is 4.90 Å². The molecule has 100 valence electrons. The molecule has 0 bridgehead atoms. The van der Waals surface area contributed by atoms with Crippen LogP contribution in [0.3, 0.4) is 0 Å². The van der Waals surface area contributed by atoms with Crippen LogP contribution < -0.4 is 5.73 Å². The van der Waals surface area contributed by atoms with Crippen molar-refractivity contribution in [3.63, 3.8) is 0 Å². The van der Waals surface area contributed by atoms with Crippen LogP contribution in [0.4, 0.5) is 0 Å². The average molecular weight is 240 g/mol. The summed E-state index contributed by atoms with van der Waals surface area (Å²) < 4.78 is 0. The number of hydrogen-bond donors (Lipinski definition) is 2. The summed E-state index contributed by atoms with van der Waals surface area (Å²) in [5.74, 6) is 0.931. The zero-order valence-corrected chi connectivity index (χ0v) is 11.2. The van der Waals surface area contributed by atoms with E-state index < -0.39 is 5.60 Å². The van der Waals surface area contributed by atoms with Crippen LogP contribution in [0.15, 0.2) is 0 Å². The Bertz CT molecular complexity index is 240. The molecule has 3 nitrogen and oxygen atoms in total. The maximum absolute atomic E-state index is 10.00. The highest BCUT2D eigenvalue weighted by molar-refractivity contribution is 4.88. The van der Waals surface area contributed by atoms with Gasteiger partial charge >= 0.3 is 0 Å². The van der Waals surface area contributed by atoms with Crippen molar-refractivity contribution in [3.8, 4) is 0 Å². The van der Waals surface area contributed by atoms with E-state index in [0.717, 1.165) is 24.9 Å². The van der Waals surface area contributed by atoms with Gasteiger partial charge in [0.05, 0.1) is 5.60 Å². The zero-order valence-electron chi connectivity index (χ0n) is 11.2. The maximum Gasteiger partial charge on any atom is 0.0753 e. The van der Waals surface area contributed by atoms with Crippen LogP contribution in [0, 0.1) is 5.92 Å². The van der Waals surface area contributed by atoms with E-state index in [1.807, 2.05) is 6.92 Å². The summed E-state index contributed by atoms with van der Waals surface area (Å²) in [7, 11) is 0. The Hall–Kier alpha value is -0.120. The van der Waals surface area contributed by atoms with Crippen molar-refractivity contribution in [2.24, 2.45) is 11.7 Å². The van der Waals surface area contributed by atoms with E-state index in [0.29, 0.717) is 6.54 Å². The lowest BCUT2D eigenvalue weighted by Crippen LogP contribution is -2.49. The lowest BCUT2D eigenvalue weighted by molar-refractivity contribution is 0.0147. The van der Waals surface area contributed by atoms with E-state index in [-0.39, 0.29) is 0 Å². The smallest absolute Gasteiger partial charge is 0.0753 e. The molecule has 1 saturated heterocycles. The van der Waals surface area contributed by atoms with Crippen molar-refractivity contribution in [1.29, 1.82) is 0 Å². The van der Waals surface area contributed by atoms with Crippen molar-refractivity contribution < 1.29 is 5.11 Å². The van der Waals surface area contributed by atoms with Crippen LogP contribution in [-0.2, 0) is 0 Å². The number of nitrogens with two attached hydrogens (primary N) is 1. The molecule has 3 unspecified atom stereocenters. The quantitative estimate of drug-likeness (QED) is 0.787. The fourth-order valence-electron chi connectivity index (χ4n) is 3.49. The molecule has 0 aromatic rings. The van der Waals surface area contributed by atoms with Gasteiger partial charge in [-0.2, -0.15) is 0 Å². The second-order valence-electron chi connectivity index (χ2n) is 6.24. The minimum Gasteiger partial charge on any atom is -0.389 e. The van der Waals surface area contributed by atoms with Gasteiger partial charge < -0.3 is 15.7 Å². The first-order chi connectivity index (χ1) is 8.12. The van der Waals surface area contributed by atoms with Gasteiger partial charge in [-0.3, -0.25) is 0 Å². The van der Waals surface area contributed by atoms with E-state index in [4.69, 9.17) is 5.73 Å². The lowest BCUT2D eigenvalue weighted by atomic mass is 9.78. The van der Waals surface area contributed by atoms with Crippen LogP contribution in [0.25, 0.3) is 0 Å². The molecule has 3 N–H and O–H groups in total. The zero-order chi connectivity index (χ0) is 12.3. The molecule has 0 radical (unpaired) electrons. The largest absolute Gasteiger partial charge is 0.389 e. The topological polar surface area (TPSA) is 49.5 Å². The number of likely N-dealkylation sites (tertiary alicyclic amines) is 1. The summed E-state index contributed by atoms with van der Waals surface area (Å²) >= 11 is 0. The first-order valence-electron chi connectivity index (χ1n) is 7.29. The highest BCUT2D eigenvalue weighted by Gasteiger charge is 2.33. The third kappa shape index (κ3) is 3.43. The van der Waals surface area contributed by atoms with Gasteiger partial charge in [0.1, 0.15) is 0 Å². The predicted octanol–water partition coefficient (Wildman–Crippen LogP) is 1.74. The molecule has 17 heavy (non-hydrogen) atoms. The first-order valence-corrected chi connectivity index (χ1v) is 7.29. The minimum atomic E-state index is -0.679. The Labute approximate surface area is 105 Å². The highest BCUT2D eigenvalue weighted by atomic mass is 16.3. The third-order valence-electron chi connectivity index (χ3n) is 4.74. The Morgan fingerprint density at radius 2 is 1.94 bits per heavy atom. The van der Waals surface area contributed by atoms with Gasteiger partial charge in [-0.25, -0.2) is 0 Å². The van der Waals surface area contributed by atoms with Crippen LogP contribution in [0.2, 0.25) is 0 Å². The molecule has 1 saturated carbocycles. The molecule has 1 aliphatic carbocycles. The van der Waals surface area contributed by atoms with E-state index >= 15 is 0 Å². The molecule has 1 heterocycles. The van der Waals surface area contributed by atoms with Gasteiger partial charge in [0.25, 0.3) is 0 Å². The molecular formula is C14H28N2O. The van der Waals surface area contributed by atoms with Gasteiger partial charge in [0, 0.05) is 19.1 Å². The molecule has 0 aromatic heterocycles. The predicted molar refractivity (Wildman–Crippen MR) is 70.8 cm³/mol. The number of piperidine rings is 1. The third-order valence-corrected chi connectivity index (χ3v) is 4.74. The standard InChI is InChI=1S/C14H28N2O/c1-14(17,11-15)8-10-16-9-4-6-12-5-2-3-7-13(12)16/h12-13,17H,2-11,15H2,1H3. The Morgan fingerprint density at radius 1 is 1.24 bits per heavy atom. The Balaban J connectivity index is 1.86. The maximum atomic E-state index is 10.00. The molecule has 0 amide bonds. The number of aliphatic hydroxyl groups is 1. The van der Waals surface area contributed by atoms with Crippen LogP contribution >= 0.6 is 0 Å². The summed E-state index contributed by atoms with van der Waals surface area (Å²) in [6.07, 6.45) is 9.19. The summed E-state index contributed by atoms with van der Waals surface area (Å²) in [5.41, 5.74) is 4.91. The molecule has 3 atom stereocenters. The van der Waals surface area contributed by atoms with Gasteiger partial charge in [0.2, 0.25) is 0 Å².